The fourth-order valence-corrected chi connectivity index (χ4v) is 2.35. The number of halogens is 1. The van der Waals surface area contributed by atoms with Crippen LogP contribution in [0.5, 0.6) is 0 Å². The van der Waals surface area contributed by atoms with Crippen molar-refractivity contribution in [2.24, 2.45) is 0 Å². The highest BCUT2D eigenvalue weighted by Crippen LogP contribution is 2.35. The Morgan fingerprint density at radius 1 is 1.27 bits per heavy atom. The summed E-state index contributed by atoms with van der Waals surface area (Å²) in [5.74, 6) is 0. The maximum absolute atomic E-state index is 6.17. The summed E-state index contributed by atoms with van der Waals surface area (Å²) in [5, 5.41) is 4.20. The molecule has 2 nitrogen and oxygen atoms in total. The van der Waals surface area contributed by atoms with Crippen LogP contribution in [0.3, 0.4) is 0 Å². The normalized spacial score (nSPS) is 29.3. The molecular weight excluding hydrogens is 210 g/mol. The zero-order valence-electron chi connectivity index (χ0n) is 9.30. The topological polar surface area (TPSA) is 21.3 Å². The van der Waals surface area contributed by atoms with Crippen LogP contribution in [0.15, 0.2) is 24.3 Å². The highest BCUT2D eigenvalue weighted by molar-refractivity contribution is 6.31. The largest absolute Gasteiger partial charge is 0.355 e. The van der Waals surface area contributed by atoms with Gasteiger partial charge in [-0.05, 0) is 26.8 Å². The summed E-state index contributed by atoms with van der Waals surface area (Å²) in [4.78, 5) is 0. The minimum atomic E-state index is -0.470. The Morgan fingerprint density at radius 2 is 1.93 bits per heavy atom. The third-order valence-corrected chi connectivity index (χ3v) is 3.02. The van der Waals surface area contributed by atoms with E-state index in [1.54, 1.807) is 0 Å². The first kappa shape index (κ1) is 10.9. The molecule has 0 amide bonds. The molecule has 1 saturated heterocycles. The predicted octanol–water partition coefficient (Wildman–Crippen LogP) is 2.91. The summed E-state index contributed by atoms with van der Waals surface area (Å²) in [7, 11) is 0. The average molecular weight is 226 g/mol. The van der Waals surface area contributed by atoms with E-state index in [0.717, 1.165) is 10.6 Å². The zero-order chi connectivity index (χ0) is 11.1. The summed E-state index contributed by atoms with van der Waals surface area (Å²) < 4.78 is 5.83. The lowest BCUT2D eigenvalue weighted by Crippen LogP contribution is -2.44. The Bertz CT molecular complexity index is 378. The van der Waals surface area contributed by atoms with Crippen molar-refractivity contribution in [3.63, 3.8) is 0 Å². The van der Waals surface area contributed by atoms with Gasteiger partial charge in [0.05, 0.1) is 6.61 Å². The van der Waals surface area contributed by atoms with Crippen molar-refractivity contribution in [2.75, 3.05) is 6.61 Å². The molecule has 1 aliphatic rings. The van der Waals surface area contributed by atoms with Gasteiger partial charge in [-0.25, -0.2) is 0 Å². The molecule has 0 spiro atoms. The maximum Gasteiger partial charge on any atom is 0.144 e. The van der Waals surface area contributed by atoms with E-state index in [9.17, 15) is 0 Å². The molecule has 1 fully saturated rings. The van der Waals surface area contributed by atoms with E-state index >= 15 is 0 Å². The summed E-state index contributed by atoms with van der Waals surface area (Å²) >= 11 is 6.17. The molecule has 0 radical (unpaired) electrons. The average Bonchev–Trinajstić information content (AvgIpc) is 2.42. The molecule has 1 N–H and O–H groups in total. The van der Waals surface area contributed by atoms with Gasteiger partial charge in [-0.1, -0.05) is 29.8 Å². The second kappa shape index (κ2) is 3.48. The molecule has 1 aromatic rings. The molecule has 2 rings (SSSR count). The summed E-state index contributed by atoms with van der Waals surface area (Å²) in [6, 6.07) is 7.79. The van der Waals surface area contributed by atoms with Crippen LogP contribution in [-0.2, 0) is 10.5 Å². The third kappa shape index (κ3) is 2.03. The van der Waals surface area contributed by atoms with Crippen LogP contribution in [0, 0.1) is 0 Å². The standard InChI is InChI=1S/C12H16ClNO/c1-11(2)8-15-12(3,14-11)9-6-4-5-7-10(9)13/h4-7,14H,8H2,1-3H3. The van der Waals surface area contributed by atoms with Gasteiger partial charge in [0.2, 0.25) is 0 Å². The summed E-state index contributed by atoms with van der Waals surface area (Å²) in [6.45, 7) is 6.95. The van der Waals surface area contributed by atoms with Gasteiger partial charge < -0.3 is 4.74 Å². The fourth-order valence-electron chi connectivity index (χ4n) is 2.04. The molecule has 1 heterocycles. The van der Waals surface area contributed by atoms with E-state index < -0.39 is 5.72 Å². The van der Waals surface area contributed by atoms with E-state index in [4.69, 9.17) is 16.3 Å². The van der Waals surface area contributed by atoms with Gasteiger partial charge in [0.1, 0.15) is 5.72 Å². The van der Waals surface area contributed by atoms with Crippen LogP contribution in [0.2, 0.25) is 5.02 Å². The zero-order valence-corrected chi connectivity index (χ0v) is 10.1. The van der Waals surface area contributed by atoms with Crippen molar-refractivity contribution in [2.45, 2.75) is 32.0 Å². The van der Waals surface area contributed by atoms with Gasteiger partial charge in [0.25, 0.3) is 0 Å². The quantitative estimate of drug-likeness (QED) is 0.794. The van der Waals surface area contributed by atoms with Crippen LogP contribution in [0.25, 0.3) is 0 Å². The molecule has 1 unspecified atom stereocenters. The van der Waals surface area contributed by atoms with E-state index in [-0.39, 0.29) is 5.54 Å². The van der Waals surface area contributed by atoms with Crippen LogP contribution >= 0.6 is 11.6 Å². The summed E-state index contributed by atoms with van der Waals surface area (Å²) in [5.41, 5.74) is 0.521. The third-order valence-electron chi connectivity index (χ3n) is 2.69. The first-order valence-electron chi connectivity index (χ1n) is 5.11. The van der Waals surface area contributed by atoms with Crippen molar-refractivity contribution < 1.29 is 4.74 Å². The predicted molar refractivity (Wildman–Crippen MR) is 62.0 cm³/mol. The Kier molecular flexibility index (Phi) is 2.53. The number of ether oxygens (including phenoxy) is 1. The lowest BCUT2D eigenvalue weighted by Gasteiger charge is -2.27. The van der Waals surface area contributed by atoms with E-state index in [2.05, 4.69) is 19.2 Å². The van der Waals surface area contributed by atoms with Crippen molar-refractivity contribution in [3.05, 3.63) is 34.9 Å². The minimum absolute atomic E-state index is 0.00603. The van der Waals surface area contributed by atoms with Crippen molar-refractivity contribution in [1.29, 1.82) is 0 Å². The lowest BCUT2D eigenvalue weighted by atomic mass is 10.0. The molecule has 0 aliphatic carbocycles. The van der Waals surface area contributed by atoms with E-state index in [0.29, 0.717) is 6.61 Å². The van der Waals surface area contributed by atoms with Gasteiger partial charge in [0.15, 0.2) is 0 Å². The van der Waals surface area contributed by atoms with E-state index in [1.165, 1.54) is 0 Å². The molecule has 0 bridgehead atoms. The maximum atomic E-state index is 6.17. The molecule has 82 valence electrons. The monoisotopic (exact) mass is 225 g/mol. The molecule has 15 heavy (non-hydrogen) atoms. The second-order valence-corrected chi connectivity index (χ2v) is 5.22. The lowest BCUT2D eigenvalue weighted by molar-refractivity contribution is 0.00228. The fraction of sp³-hybridized carbons (Fsp3) is 0.500. The van der Waals surface area contributed by atoms with Gasteiger partial charge in [-0.15, -0.1) is 0 Å². The Balaban J connectivity index is 2.36. The van der Waals surface area contributed by atoms with Crippen LogP contribution in [0.1, 0.15) is 26.3 Å². The Morgan fingerprint density at radius 3 is 2.47 bits per heavy atom. The highest BCUT2D eigenvalue weighted by Gasteiger charge is 2.42. The van der Waals surface area contributed by atoms with Gasteiger partial charge >= 0.3 is 0 Å². The smallest absolute Gasteiger partial charge is 0.144 e. The SMILES string of the molecule is CC1(C)COC(C)(c2ccccc2Cl)N1. The van der Waals surface area contributed by atoms with Gasteiger partial charge in [0, 0.05) is 16.1 Å². The number of rotatable bonds is 1. The van der Waals surface area contributed by atoms with Crippen molar-refractivity contribution in [1.82, 2.24) is 5.32 Å². The number of hydrogen-bond acceptors (Lipinski definition) is 2. The molecule has 0 aromatic heterocycles. The number of hydrogen-bond donors (Lipinski definition) is 1. The molecule has 1 aromatic carbocycles. The summed E-state index contributed by atoms with van der Waals surface area (Å²) in [6.07, 6.45) is 0. The first-order chi connectivity index (χ1) is 6.93. The van der Waals surface area contributed by atoms with E-state index in [1.807, 2.05) is 31.2 Å². The first-order valence-corrected chi connectivity index (χ1v) is 5.49. The highest BCUT2D eigenvalue weighted by atomic mass is 35.5. The Hall–Kier alpha value is -0.570. The van der Waals surface area contributed by atoms with Crippen LogP contribution in [-0.4, -0.2) is 12.1 Å². The second-order valence-electron chi connectivity index (χ2n) is 4.81. The van der Waals surface area contributed by atoms with Crippen molar-refractivity contribution in [3.8, 4) is 0 Å². The number of benzene rings is 1. The van der Waals surface area contributed by atoms with Gasteiger partial charge in [-0.3, -0.25) is 5.32 Å². The Labute approximate surface area is 95.6 Å². The number of nitrogens with one attached hydrogen (secondary N) is 1. The minimum Gasteiger partial charge on any atom is -0.355 e. The van der Waals surface area contributed by atoms with Crippen molar-refractivity contribution >= 4 is 11.6 Å². The molecule has 1 atom stereocenters. The molecule has 0 saturated carbocycles. The molecule has 1 aliphatic heterocycles. The van der Waals surface area contributed by atoms with Crippen LogP contribution in [0.4, 0.5) is 0 Å². The van der Waals surface area contributed by atoms with Crippen LogP contribution < -0.4 is 5.32 Å². The molecular formula is C12H16ClNO. The van der Waals surface area contributed by atoms with Gasteiger partial charge in [-0.2, -0.15) is 0 Å². The molecule has 3 heteroatoms.